The van der Waals surface area contributed by atoms with E-state index in [1.165, 1.54) is 32.0 Å². The summed E-state index contributed by atoms with van der Waals surface area (Å²) in [5.74, 6) is 1.72. The van der Waals surface area contributed by atoms with Crippen LogP contribution in [0, 0.1) is 0 Å². The summed E-state index contributed by atoms with van der Waals surface area (Å²) in [7, 11) is 4.43. The summed E-state index contributed by atoms with van der Waals surface area (Å²) in [6.07, 6.45) is 7.15. The van der Waals surface area contributed by atoms with Crippen molar-refractivity contribution in [2.75, 3.05) is 26.0 Å². The number of nitrogens with zero attached hydrogens (tertiary/aromatic N) is 3. The number of likely N-dealkylation sites (N-methyl/N-ethyl adjacent to an activating group) is 1. The largest absolute Gasteiger partial charge is 0.363 e. The van der Waals surface area contributed by atoms with Crippen molar-refractivity contribution in [1.82, 2.24) is 15.0 Å². The smallest absolute Gasteiger partial charge is 0.164 e. The second-order valence-corrected chi connectivity index (χ2v) is 9.76. The van der Waals surface area contributed by atoms with Gasteiger partial charge in [0, 0.05) is 22.8 Å². The van der Waals surface area contributed by atoms with Gasteiger partial charge < -0.3 is 10.2 Å². The average molecular weight is 423 g/mol. The lowest BCUT2D eigenvalue weighted by atomic mass is 10.1. The SMILES string of the molecule is C[NH+](C)[C@H](CNc1nc(-c2cccnc2)nc2sc3c(c12)CCC3)c1cccs1. The van der Waals surface area contributed by atoms with E-state index in [0.717, 1.165) is 41.4 Å². The molecule has 1 atom stereocenters. The molecule has 4 aromatic heterocycles. The lowest BCUT2D eigenvalue weighted by Crippen LogP contribution is -3.06. The number of hydrogen-bond donors (Lipinski definition) is 2. The molecule has 0 aliphatic heterocycles. The maximum atomic E-state index is 4.97. The average Bonchev–Trinajstić information content (AvgIpc) is 3.46. The molecule has 7 heteroatoms. The van der Waals surface area contributed by atoms with Crippen LogP contribution in [0.1, 0.15) is 27.8 Å². The van der Waals surface area contributed by atoms with Crippen LogP contribution >= 0.6 is 22.7 Å². The summed E-state index contributed by atoms with van der Waals surface area (Å²) >= 11 is 3.65. The van der Waals surface area contributed by atoms with Gasteiger partial charge in [-0.25, -0.2) is 9.97 Å². The quantitative estimate of drug-likeness (QED) is 0.499. The van der Waals surface area contributed by atoms with E-state index in [2.05, 4.69) is 41.9 Å². The van der Waals surface area contributed by atoms with Crippen molar-refractivity contribution in [3.05, 3.63) is 57.4 Å². The highest BCUT2D eigenvalue weighted by Gasteiger charge is 2.24. The third-order valence-corrected chi connectivity index (χ3v) is 7.71. The number of quaternary nitrogens is 1. The Balaban J connectivity index is 1.56. The van der Waals surface area contributed by atoms with Gasteiger partial charge in [0.1, 0.15) is 16.7 Å². The van der Waals surface area contributed by atoms with E-state index in [9.17, 15) is 0 Å². The first-order valence-electron chi connectivity index (χ1n) is 10.0. The van der Waals surface area contributed by atoms with Crippen molar-refractivity contribution in [1.29, 1.82) is 0 Å². The highest BCUT2D eigenvalue weighted by molar-refractivity contribution is 7.19. The van der Waals surface area contributed by atoms with E-state index in [0.29, 0.717) is 6.04 Å². The summed E-state index contributed by atoms with van der Waals surface area (Å²) in [6, 6.07) is 8.70. The Bertz CT molecular complexity index is 1120. The van der Waals surface area contributed by atoms with Crippen molar-refractivity contribution in [3.63, 3.8) is 0 Å². The molecule has 0 spiro atoms. The van der Waals surface area contributed by atoms with Gasteiger partial charge in [-0.15, -0.1) is 22.7 Å². The summed E-state index contributed by atoms with van der Waals surface area (Å²) in [6.45, 7) is 0.839. The minimum atomic E-state index is 0.383. The normalized spacial score (nSPS) is 14.4. The number of nitrogens with one attached hydrogen (secondary N) is 2. The molecule has 0 unspecified atom stereocenters. The van der Waals surface area contributed by atoms with Crippen molar-refractivity contribution in [3.8, 4) is 11.4 Å². The fraction of sp³-hybridized carbons (Fsp3) is 0.318. The second-order valence-electron chi connectivity index (χ2n) is 7.70. The lowest BCUT2D eigenvalue weighted by Gasteiger charge is -2.21. The van der Waals surface area contributed by atoms with E-state index in [1.807, 2.05) is 41.0 Å². The molecular formula is C22H24N5S2+. The van der Waals surface area contributed by atoms with Crippen molar-refractivity contribution in [2.24, 2.45) is 0 Å². The zero-order chi connectivity index (χ0) is 19.8. The van der Waals surface area contributed by atoms with Gasteiger partial charge in [-0.2, -0.15) is 0 Å². The number of fused-ring (bicyclic) bond motifs is 3. The Morgan fingerprint density at radius 3 is 2.86 bits per heavy atom. The second kappa shape index (κ2) is 7.82. The molecule has 5 nitrogen and oxygen atoms in total. The first-order valence-corrected chi connectivity index (χ1v) is 11.7. The summed E-state index contributed by atoms with van der Waals surface area (Å²) in [5, 5.41) is 7.09. The van der Waals surface area contributed by atoms with Crippen molar-refractivity contribution in [2.45, 2.75) is 25.3 Å². The van der Waals surface area contributed by atoms with E-state index >= 15 is 0 Å². The molecule has 0 amide bonds. The maximum absolute atomic E-state index is 4.97. The molecule has 2 N–H and O–H groups in total. The van der Waals surface area contributed by atoms with Crippen LogP contribution in [0.2, 0.25) is 0 Å². The minimum Gasteiger partial charge on any atom is -0.363 e. The lowest BCUT2D eigenvalue weighted by molar-refractivity contribution is -0.889. The van der Waals surface area contributed by atoms with Crippen LogP contribution in [0.15, 0.2) is 42.0 Å². The zero-order valence-corrected chi connectivity index (χ0v) is 18.2. The molecule has 4 heterocycles. The predicted octanol–water partition coefficient (Wildman–Crippen LogP) is 3.60. The molecule has 4 aromatic rings. The molecule has 148 valence electrons. The van der Waals surface area contributed by atoms with Gasteiger partial charge in [0.15, 0.2) is 5.82 Å². The monoisotopic (exact) mass is 422 g/mol. The van der Waals surface area contributed by atoms with Gasteiger partial charge in [-0.05, 0) is 48.4 Å². The summed E-state index contributed by atoms with van der Waals surface area (Å²) in [4.78, 5) is 19.5. The molecule has 1 aliphatic carbocycles. The van der Waals surface area contributed by atoms with Crippen LogP contribution in [0.3, 0.4) is 0 Å². The van der Waals surface area contributed by atoms with Gasteiger partial charge in [-0.1, -0.05) is 6.07 Å². The number of hydrogen-bond acceptors (Lipinski definition) is 6. The Morgan fingerprint density at radius 2 is 2.10 bits per heavy atom. The van der Waals surface area contributed by atoms with Gasteiger partial charge in [0.05, 0.1) is 30.9 Å². The van der Waals surface area contributed by atoms with E-state index < -0.39 is 0 Å². The molecule has 29 heavy (non-hydrogen) atoms. The molecule has 0 saturated carbocycles. The van der Waals surface area contributed by atoms with Crippen molar-refractivity contribution >= 4 is 38.7 Å². The Hall–Kier alpha value is -2.35. The Morgan fingerprint density at radius 1 is 1.17 bits per heavy atom. The highest BCUT2D eigenvalue weighted by atomic mass is 32.1. The summed E-state index contributed by atoms with van der Waals surface area (Å²) in [5.41, 5.74) is 2.41. The standard InChI is InChI=1S/C22H23N5S2/c1-27(2)16(18-9-5-11-28-18)13-24-21-19-15-7-3-8-17(15)29-22(19)26-20(25-21)14-6-4-10-23-12-14/h4-6,9-12,16H,3,7-8,13H2,1-2H3,(H,24,25,26)/p+1/t16-/m1/s1. The van der Waals surface area contributed by atoms with Gasteiger partial charge >= 0.3 is 0 Å². The number of aromatic nitrogens is 3. The van der Waals surface area contributed by atoms with Crippen LogP contribution in [-0.2, 0) is 12.8 Å². The number of thiophene rings is 2. The van der Waals surface area contributed by atoms with Crippen LogP contribution in [0.25, 0.3) is 21.6 Å². The highest BCUT2D eigenvalue weighted by Crippen LogP contribution is 2.40. The van der Waals surface area contributed by atoms with E-state index in [1.54, 1.807) is 6.20 Å². The van der Waals surface area contributed by atoms with Gasteiger partial charge in [0.25, 0.3) is 0 Å². The number of aryl methyl sites for hydroxylation is 2. The predicted molar refractivity (Wildman–Crippen MR) is 121 cm³/mol. The van der Waals surface area contributed by atoms with E-state index in [-0.39, 0.29) is 0 Å². The Kier molecular flexibility index (Phi) is 5.03. The Labute approximate surface area is 178 Å². The van der Waals surface area contributed by atoms with Crippen LogP contribution in [0.5, 0.6) is 0 Å². The number of pyridine rings is 1. The topological polar surface area (TPSA) is 55.1 Å². The third kappa shape index (κ3) is 3.54. The van der Waals surface area contributed by atoms with Crippen molar-refractivity contribution < 1.29 is 4.90 Å². The molecule has 1 aliphatic rings. The van der Waals surface area contributed by atoms with Crippen LogP contribution in [-0.4, -0.2) is 35.6 Å². The fourth-order valence-electron chi connectivity index (χ4n) is 4.03. The molecule has 0 radical (unpaired) electrons. The molecule has 5 rings (SSSR count). The molecule has 0 saturated heterocycles. The summed E-state index contributed by atoms with van der Waals surface area (Å²) < 4.78 is 0. The zero-order valence-electron chi connectivity index (χ0n) is 16.6. The van der Waals surface area contributed by atoms with Crippen LogP contribution < -0.4 is 10.2 Å². The molecule has 0 aromatic carbocycles. The van der Waals surface area contributed by atoms with Crippen LogP contribution in [0.4, 0.5) is 5.82 Å². The molecular weight excluding hydrogens is 398 g/mol. The first kappa shape index (κ1) is 18.7. The minimum absolute atomic E-state index is 0.383. The molecule has 0 fully saturated rings. The first-order chi connectivity index (χ1) is 14.2. The van der Waals surface area contributed by atoms with E-state index in [4.69, 9.17) is 9.97 Å². The third-order valence-electron chi connectivity index (χ3n) is 5.54. The molecule has 0 bridgehead atoms. The van der Waals surface area contributed by atoms with Gasteiger partial charge in [0.2, 0.25) is 0 Å². The number of rotatable bonds is 6. The number of anilines is 1. The maximum Gasteiger partial charge on any atom is 0.164 e. The fourth-order valence-corrected chi connectivity index (χ4v) is 6.24. The van der Waals surface area contributed by atoms with Gasteiger partial charge in [-0.3, -0.25) is 4.98 Å².